The van der Waals surface area contributed by atoms with Crippen LogP contribution in [0.2, 0.25) is 0 Å². The molecule has 0 amide bonds. The van der Waals surface area contributed by atoms with Gasteiger partial charge in [-0.1, -0.05) is 12.1 Å². The zero-order valence-electron chi connectivity index (χ0n) is 15.8. The third-order valence-corrected chi connectivity index (χ3v) is 5.10. The van der Waals surface area contributed by atoms with Gasteiger partial charge in [-0.05, 0) is 49.2 Å². The molecule has 0 saturated carbocycles. The molecular weight excluding hydrogens is 380 g/mol. The summed E-state index contributed by atoms with van der Waals surface area (Å²) in [6.07, 6.45) is 1.55. The van der Waals surface area contributed by atoms with Crippen LogP contribution < -0.4 is 10.4 Å². The molecule has 0 bridgehead atoms. The maximum atomic E-state index is 13.4. The Hall–Kier alpha value is -2.88. The van der Waals surface area contributed by atoms with Crippen molar-refractivity contribution < 1.29 is 19.1 Å². The van der Waals surface area contributed by atoms with Crippen LogP contribution in [0.1, 0.15) is 23.5 Å². The minimum absolute atomic E-state index is 0.0103. The van der Waals surface area contributed by atoms with E-state index in [0.717, 1.165) is 40.9 Å². The van der Waals surface area contributed by atoms with E-state index in [9.17, 15) is 19.1 Å². The largest absolute Gasteiger partial charge is 0.392 e. The number of anilines is 2. The highest BCUT2D eigenvalue weighted by atomic mass is 19.1. The maximum absolute atomic E-state index is 13.4. The van der Waals surface area contributed by atoms with Gasteiger partial charge in [0.25, 0.3) is 5.95 Å². The van der Waals surface area contributed by atoms with Crippen LogP contribution in [0.5, 0.6) is 0 Å². The predicted octanol–water partition coefficient (Wildman–Crippen LogP) is 2.82. The van der Waals surface area contributed by atoms with E-state index in [1.807, 2.05) is 19.1 Å². The van der Waals surface area contributed by atoms with Gasteiger partial charge < -0.3 is 10.4 Å². The molecule has 152 valence electrons. The molecule has 1 saturated heterocycles. The van der Waals surface area contributed by atoms with Gasteiger partial charge in [-0.2, -0.15) is 10.0 Å². The van der Waals surface area contributed by atoms with Gasteiger partial charge in [-0.3, -0.25) is 5.21 Å². The van der Waals surface area contributed by atoms with Crippen molar-refractivity contribution in [1.82, 2.24) is 20.1 Å². The number of aliphatic hydroxyl groups excluding tert-OH is 1. The number of nitrogens with one attached hydrogen (secondary N) is 1. The summed E-state index contributed by atoms with van der Waals surface area (Å²) in [5, 5.41) is 29.0. The Bertz CT molecular complexity index is 1010. The van der Waals surface area contributed by atoms with E-state index in [-0.39, 0.29) is 17.6 Å². The van der Waals surface area contributed by atoms with Crippen LogP contribution in [0.4, 0.5) is 20.4 Å². The summed E-state index contributed by atoms with van der Waals surface area (Å²) in [7, 11) is 0. The fraction of sp³-hybridized carbons (Fsp3) is 0.300. The van der Waals surface area contributed by atoms with Crippen LogP contribution in [-0.4, -0.2) is 44.3 Å². The standard InChI is InChI=1S/C20H21F2N5O2/c1-12-6-13(17-10-23-5-4-19(17)28)2-3-18(12)27(29)20-24-11-26(25-20)16-8-14(21)7-15(22)9-16/h2-3,6-9,11,17,19,23,28-29H,4-5,10H2,1H3. The molecule has 2 aromatic carbocycles. The van der Waals surface area contributed by atoms with Crippen molar-refractivity contribution >= 4 is 11.6 Å². The minimum Gasteiger partial charge on any atom is -0.392 e. The van der Waals surface area contributed by atoms with E-state index in [4.69, 9.17) is 0 Å². The fourth-order valence-corrected chi connectivity index (χ4v) is 3.59. The Morgan fingerprint density at radius 1 is 1.17 bits per heavy atom. The summed E-state index contributed by atoms with van der Waals surface area (Å²) >= 11 is 0. The molecule has 2 heterocycles. The first-order chi connectivity index (χ1) is 13.9. The van der Waals surface area contributed by atoms with E-state index >= 15 is 0 Å². The number of halogens is 2. The van der Waals surface area contributed by atoms with Gasteiger partial charge in [0.1, 0.15) is 18.0 Å². The smallest absolute Gasteiger partial charge is 0.273 e. The number of hydrogen-bond acceptors (Lipinski definition) is 6. The van der Waals surface area contributed by atoms with Crippen LogP contribution in [0, 0.1) is 18.6 Å². The zero-order valence-corrected chi connectivity index (χ0v) is 15.8. The molecule has 9 heteroatoms. The van der Waals surface area contributed by atoms with Gasteiger partial charge in [0.05, 0.1) is 17.5 Å². The number of aromatic nitrogens is 3. The average Bonchev–Trinajstić information content (AvgIpc) is 3.17. The zero-order chi connectivity index (χ0) is 20.5. The van der Waals surface area contributed by atoms with E-state index in [1.54, 1.807) is 6.07 Å². The van der Waals surface area contributed by atoms with Crippen molar-refractivity contribution in [1.29, 1.82) is 0 Å². The molecule has 0 radical (unpaired) electrons. The molecule has 4 rings (SSSR count). The van der Waals surface area contributed by atoms with Crippen molar-refractivity contribution in [2.45, 2.75) is 25.4 Å². The summed E-state index contributed by atoms with van der Waals surface area (Å²) in [5.74, 6) is -1.51. The molecule has 1 aliphatic rings. The van der Waals surface area contributed by atoms with Gasteiger partial charge in [0.15, 0.2) is 0 Å². The first-order valence-electron chi connectivity index (χ1n) is 9.29. The van der Waals surface area contributed by atoms with Crippen LogP contribution in [-0.2, 0) is 0 Å². The number of rotatable bonds is 4. The summed E-state index contributed by atoms with van der Waals surface area (Å²) in [6.45, 7) is 3.32. The van der Waals surface area contributed by atoms with Crippen molar-refractivity contribution in [3.63, 3.8) is 0 Å². The molecule has 1 fully saturated rings. The Morgan fingerprint density at radius 3 is 2.62 bits per heavy atom. The normalized spacial score (nSPS) is 19.3. The third-order valence-electron chi connectivity index (χ3n) is 5.10. The van der Waals surface area contributed by atoms with Gasteiger partial charge in [-0.25, -0.2) is 13.5 Å². The lowest BCUT2D eigenvalue weighted by atomic mass is 9.88. The molecule has 2 atom stereocenters. The first kappa shape index (κ1) is 19.4. The molecular formula is C20H21F2N5O2. The molecule has 29 heavy (non-hydrogen) atoms. The summed E-state index contributed by atoms with van der Waals surface area (Å²) in [6, 6.07) is 8.50. The molecule has 2 unspecified atom stereocenters. The summed E-state index contributed by atoms with van der Waals surface area (Å²) in [4.78, 5) is 4.03. The van der Waals surface area contributed by atoms with Gasteiger partial charge in [-0.15, -0.1) is 5.10 Å². The van der Waals surface area contributed by atoms with Crippen LogP contribution in [0.15, 0.2) is 42.7 Å². The number of benzene rings is 2. The summed E-state index contributed by atoms with van der Waals surface area (Å²) in [5.41, 5.74) is 2.37. The fourth-order valence-electron chi connectivity index (χ4n) is 3.59. The van der Waals surface area contributed by atoms with E-state index in [0.29, 0.717) is 18.7 Å². The van der Waals surface area contributed by atoms with E-state index < -0.39 is 17.7 Å². The molecule has 7 nitrogen and oxygen atoms in total. The van der Waals surface area contributed by atoms with Crippen molar-refractivity contribution in [3.8, 4) is 5.69 Å². The quantitative estimate of drug-likeness (QED) is 0.583. The van der Waals surface area contributed by atoms with Crippen LogP contribution in [0.25, 0.3) is 5.69 Å². The average molecular weight is 401 g/mol. The Kier molecular flexibility index (Phi) is 5.27. The molecule has 3 aromatic rings. The Labute approximate surface area is 166 Å². The second-order valence-electron chi connectivity index (χ2n) is 7.14. The molecule has 1 aliphatic heterocycles. The third kappa shape index (κ3) is 3.98. The molecule has 3 N–H and O–H groups in total. The highest BCUT2D eigenvalue weighted by Gasteiger charge is 2.25. The summed E-state index contributed by atoms with van der Waals surface area (Å²) < 4.78 is 28.0. The molecule has 0 spiro atoms. The monoisotopic (exact) mass is 401 g/mol. The number of aryl methyl sites for hydroxylation is 1. The number of nitrogens with zero attached hydrogens (tertiary/aromatic N) is 4. The lowest BCUT2D eigenvalue weighted by molar-refractivity contribution is 0.114. The predicted molar refractivity (Wildman–Crippen MR) is 103 cm³/mol. The molecule has 0 aliphatic carbocycles. The molecule has 1 aromatic heterocycles. The SMILES string of the molecule is Cc1cc(C2CNCCC2O)ccc1N(O)c1ncn(-c2cc(F)cc(F)c2)n1. The van der Waals surface area contributed by atoms with E-state index in [2.05, 4.69) is 15.4 Å². The van der Waals surface area contributed by atoms with Gasteiger partial charge in [0, 0.05) is 18.5 Å². The number of hydrogen-bond donors (Lipinski definition) is 3. The minimum atomic E-state index is -0.733. The highest BCUT2D eigenvalue weighted by Crippen LogP contribution is 2.30. The Morgan fingerprint density at radius 2 is 1.93 bits per heavy atom. The van der Waals surface area contributed by atoms with Gasteiger partial charge >= 0.3 is 0 Å². The van der Waals surface area contributed by atoms with Crippen LogP contribution >= 0.6 is 0 Å². The lowest BCUT2D eigenvalue weighted by Crippen LogP contribution is -2.38. The second kappa shape index (κ2) is 7.86. The maximum Gasteiger partial charge on any atom is 0.273 e. The van der Waals surface area contributed by atoms with Crippen molar-refractivity contribution in [2.75, 3.05) is 18.2 Å². The second-order valence-corrected chi connectivity index (χ2v) is 7.14. The van der Waals surface area contributed by atoms with Gasteiger partial charge in [0.2, 0.25) is 0 Å². The number of piperidine rings is 1. The lowest BCUT2D eigenvalue weighted by Gasteiger charge is -2.29. The van der Waals surface area contributed by atoms with E-state index in [1.165, 1.54) is 11.0 Å². The van der Waals surface area contributed by atoms with Crippen molar-refractivity contribution in [3.05, 3.63) is 65.5 Å². The number of aliphatic hydroxyl groups is 1. The first-order valence-corrected chi connectivity index (χ1v) is 9.29. The highest BCUT2D eigenvalue weighted by molar-refractivity contribution is 5.59. The Balaban J connectivity index is 1.58. The van der Waals surface area contributed by atoms with Crippen molar-refractivity contribution in [2.24, 2.45) is 0 Å². The topological polar surface area (TPSA) is 86.4 Å². The van der Waals surface area contributed by atoms with Crippen LogP contribution in [0.3, 0.4) is 0 Å².